The maximum Gasteiger partial charge on any atom is 0.231 e. The van der Waals surface area contributed by atoms with Crippen LogP contribution in [0.25, 0.3) is 0 Å². The first-order valence-electron chi connectivity index (χ1n) is 8.06. The molecule has 1 N–H and O–H groups in total. The molecule has 122 valence electrons. The number of rotatable bonds is 1. The maximum absolute atomic E-state index is 13.4. The number of carbonyl (C=O) groups excluding carboxylic acids is 2. The molecule has 0 aromatic heterocycles. The predicted octanol–water partition coefficient (Wildman–Crippen LogP) is 2.84. The van der Waals surface area contributed by atoms with Crippen molar-refractivity contribution in [1.82, 2.24) is 4.90 Å². The molecule has 2 heterocycles. The number of nitrogens with zero attached hydrogens (tertiary/aromatic N) is 1. The van der Waals surface area contributed by atoms with Gasteiger partial charge in [-0.15, -0.1) is 0 Å². The van der Waals surface area contributed by atoms with E-state index in [-0.39, 0.29) is 18.2 Å². The molecule has 0 bridgehead atoms. The van der Waals surface area contributed by atoms with Crippen LogP contribution in [0.4, 0.5) is 10.1 Å². The molecule has 2 aliphatic heterocycles. The van der Waals surface area contributed by atoms with Crippen LogP contribution in [0, 0.1) is 5.82 Å². The van der Waals surface area contributed by atoms with E-state index >= 15 is 0 Å². The summed E-state index contributed by atoms with van der Waals surface area (Å²) in [6.07, 6.45) is 0.923. The fourth-order valence-electron chi connectivity index (χ4n) is 3.56. The first kappa shape index (κ1) is 14.9. The Morgan fingerprint density at radius 3 is 2.79 bits per heavy atom. The van der Waals surface area contributed by atoms with Crippen LogP contribution in [0.5, 0.6) is 0 Å². The summed E-state index contributed by atoms with van der Waals surface area (Å²) in [6.45, 7) is 1.20. The molecule has 4 nitrogen and oxygen atoms in total. The first-order chi connectivity index (χ1) is 11.6. The van der Waals surface area contributed by atoms with Crippen LogP contribution < -0.4 is 5.32 Å². The fraction of sp³-hybridized carbons (Fsp3) is 0.263. The molecule has 0 spiro atoms. The Bertz CT molecular complexity index is 834. The molecule has 0 radical (unpaired) electrons. The van der Waals surface area contributed by atoms with Gasteiger partial charge >= 0.3 is 0 Å². The van der Waals surface area contributed by atoms with Crippen LogP contribution in [0.3, 0.4) is 0 Å². The van der Waals surface area contributed by atoms with E-state index in [0.717, 1.165) is 12.0 Å². The van der Waals surface area contributed by atoms with Gasteiger partial charge in [-0.1, -0.05) is 30.3 Å². The second-order valence-electron chi connectivity index (χ2n) is 6.31. The maximum atomic E-state index is 13.4. The van der Waals surface area contributed by atoms with Crippen molar-refractivity contribution >= 4 is 17.5 Å². The lowest BCUT2D eigenvalue weighted by atomic mass is 9.88. The lowest BCUT2D eigenvalue weighted by Crippen LogP contribution is -2.41. The lowest BCUT2D eigenvalue weighted by molar-refractivity contribution is -0.135. The second kappa shape index (κ2) is 5.74. The van der Waals surface area contributed by atoms with Crippen LogP contribution in [-0.2, 0) is 22.6 Å². The number of anilines is 1. The van der Waals surface area contributed by atoms with Crippen LogP contribution in [0.1, 0.15) is 29.0 Å². The molecule has 2 aromatic rings. The average molecular weight is 324 g/mol. The van der Waals surface area contributed by atoms with Gasteiger partial charge in [0.2, 0.25) is 11.8 Å². The Labute approximate surface area is 139 Å². The minimum Gasteiger partial charge on any atom is -0.337 e. The number of nitrogens with one attached hydrogen (secondary N) is 1. The SMILES string of the molecule is O=C1C[C@@H](C(=O)N2CCc3ccccc3C2)c2ccc(F)cc2N1. The second-order valence-corrected chi connectivity index (χ2v) is 6.31. The summed E-state index contributed by atoms with van der Waals surface area (Å²) in [5.74, 6) is -1.27. The summed E-state index contributed by atoms with van der Waals surface area (Å²) in [7, 11) is 0. The molecular formula is C19H17FN2O2. The molecule has 2 amide bonds. The molecule has 2 aliphatic rings. The third-order valence-electron chi connectivity index (χ3n) is 4.79. The summed E-state index contributed by atoms with van der Waals surface area (Å²) in [5, 5.41) is 2.65. The highest BCUT2D eigenvalue weighted by atomic mass is 19.1. The van der Waals surface area contributed by atoms with Gasteiger partial charge < -0.3 is 10.2 Å². The van der Waals surface area contributed by atoms with E-state index < -0.39 is 11.7 Å². The molecule has 0 unspecified atom stereocenters. The molecule has 0 saturated carbocycles. The van der Waals surface area contributed by atoms with Gasteiger partial charge in [-0.25, -0.2) is 4.39 Å². The molecule has 2 aromatic carbocycles. The molecule has 4 rings (SSSR count). The standard InChI is InChI=1S/C19H17FN2O2/c20-14-5-6-15-16(10-18(23)21-17(15)9-14)19(24)22-8-7-12-3-1-2-4-13(12)11-22/h1-6,9,16H,7-8,10-11H2,(H,21,23)/t16-/m1/s1. The molecule has 0 saturated heterocycles. The highest BCUT2D eigenvalue weighted by Gasteiger charge is 2.34. The number of hydrogen-bond acceptors (Lipinski definition) is 2. The number of amides is 2. The third kappa shape index (κ3) is 2.56. The molecule has 1 atom stereocenters. The van der Waals surface area contributed by atoms with Gasteiger partial charge in [0, 0.05) is 25.2 Å². The number of halogens is 1. The zero-order chi connectivity index (χ0) is 16.7. The molecule has 24 heavy (non-hydrogen) atoms. The van der Waals surface area contributed by atoms with Crippen LogP contribution >= 0.6 is 0 Å². The van der Waals surface area contributed by atoms with E-state index in [1.54, 1.807) is 11.0 Å². The summed E-state index contributed by atoms with van der Waals surface area (Å²) >= 11 is 0. The zero-order valence-corrected chi connectivity index (χ0v) is 13.1. The summed E-state index contributed by atoms with van der Waals surface area (Å²) in [6, 6.07) is 12.3. The van der Waals surface area contributed by atoms with E-state index in [9.17, 15) is 14.0 Å². The van der Waals surface area contributed by atoms with Crippen molar-refractivity contribution in [1.29, 1.82) is 0 Å². The number of hydrogen-bond donors (Lipinski definition) is 1. The fourth-order valence-corrected chi connectivity index (χ4v) is 3.56. The largest absolute Gasteiger partial charge is 0.337 e. The lowest BCUT2D eigenvalue weighted by Gasteiger charge is -2.33. The van der Waals surface area contributed by atoms with Crippen LogP contribution in [-0.4, -0.2) is 23.3 Å². The highest BCUT2D eigenvalue weighted by Crippen LogP contribution is 2.35. The van der Waals surface area contributed by atoms with Crippen molar-refractivity contribution in [2.24, 2.45) is 0 Å². The minimum absolute atomic E-state index is 0.0628. The van der Waals surface area contributed by atoms with E-state index in [0.29, 0.717) is 24.3 Å². The van der Waals surface area contributed by atoms with E-state index in [1.165, 1.54) is 17.7 Å². The van der Waals surface area contributed by atoms with E-state index in [2.05, 4.69) is 11.4 Å². The Morgan fingerprint density at radius 2 is 1.96 bits per heavy atom. The van der Waals surface area contributed by atoms with Crippen molar-refractivity contribution in [3.8, 4) is 0 Å². The van der Waals surface area contributed by atoms with Gasteiger partial charge in [-0.2, -0.15) is 0 Å². The Morgan fingerprint density at radius 1 is 1.17 bits per heavy atom. The summed E-state index contributed by atoms with van der Waals surface area (Å²) in [4.78, 5) is 26.7. The highest BCUT2D eigenvalue weighted by molar-refractivity contribution is 6.01. The van der Waals surface area contributed by atoms with Crippen molar-refractivity contribution in [2.75, 3.05) is 11.9 Å². The quantitative estimate of drug-likeness (QED) is 0.877. The van der Waals surface area contributed by atoms with E-state index in [1.807, 2.05) is 18.2 Å². The van der Waals surface area contributed by atoms with Crippen molar-refractivity contribution < 1.29 is 14.0 Å². The molecule has 0 fully saturated rings. The minimum atomic E-state index is -0.542. The van der Waals surface area contributed by atoms with Gasteiger partial charge in [-0.3, -0.25) is 9.59 Å². The number of carbonyl (C=O) groups is 2. The molecule has 5 heteroatoms. The normalized spacial score (nSPS) is 19.3. The van der Waals surface area contributed by atoms with Gasteiger partial charge in [0.25, 0.3) is 0 Å². The monoisotopic (exact) mass is 324 g/mol. The molecule has 0 aliphatic carbocycles. The smallest absolute Gasteiger partial charge is 0.231 e. The van der Waals surface area contributed by atoms with Crippen molar-refractivity contribution in [3.05, 3.63) is 65.0 Å². The Hall–Kier alpha value is -2.69. The van der Waals surface area contributed by atoms with Gasteiger partial charge in [0.1, 0.15) is 5.82 Å². The van der Waals surface area contributed by atoms with E-state index in [4.69, 9.17) is 0 Å². The van der Waals surface area contributed by atoms with Crippen molar-refractivity contribution in [3.63, 3.8) is 0 Å². The number of benzene rings is 2. The van der Waals surface area contributed by atoms with Gasteiger partial charge in [0.15, 0.2) is 0 Å². The number of fused-ring (bicyclic) bond motifs is 2. The predicted molar refractivity (Wildman–Crippen MR) is 88.0 cm³/mol. The summed E-state index contributed by atoms with van der Waals surface area (Å²) in [5.41, 5.74) is 3.52. The Balaban J connectivity index is 1.63. The molecular weight excluding hydrogens is 307 g/mol. The Kier molecular flexibility index (Phi) is 3.56. The third-order valence-corrected chi connectivity index (χ3v) is 4.79. The zero-order valence-electron chi connectivity index (χ0n) is 13.1. The topological polar surface area (TPSA) is 49.4 Å². The first-order valence-corrected chi connectivity index (χ1v) is 8.06. The average Bonchev–Trinajstić information content (AvgIpc) is 2.59. The van der Waals surface area contributed by atoms with Crippen LogP contribution in [0.2, 0.25) is 0 Å². The van der Waals surface area contributed by atoms with Gasteiger partial charge in [0.05, 0.1) is 5.92 Å². The van der Waals surface area contributed by atoms with Crippen molar-refractivity contribution in [2.45, 2.75) is 25.3 Å². The van der Waals surface area contributed by atoms with Gasteiger partial charge in [-0.05, 0) is 35.2 Å². The van der Waals surface area contributed by atoms with Crippen LogP contribution in [0.15, 0.2) is 42.5 Å². The summed E-state index contributed by atoms with van der Waals surface area (Å²) < 4.78 is 13.4.